The summed E-state index contributed by atoms with van der Waals surface area (Å²) in [4.78, 5) is 0.202. The molecule has 6 heteroatoms. The first-order chi connectivity index (χ1) is 9.56. The zero-order valence-corrected chi connectivity index (χ0v) is 13.2. The molecule has 0 unspecified atom stereocenters. The van der Waals surface area contributed by atoms with Crippen LogP contribution < -0.4 is 0 Å². The number of rotatable bonds is 9. The van der Waals surface area contributed by atoms with Crippen molar-refractivity contribution in [2.45, 2.75) is 37.5 Å². The Morgan fingerprint density at radius 2 is 1.80 bits per heavy atom. The van der Waals surface area contributed by atoms with Gasteiger partial charge in [0, 0.05) is 5.75 Å². The summed E-state index contributed by atoms with van der Waals surface area (Å²) < 4.78 is 28.7. The van der Waals surface area contributed by atoms with Gasteiger partial charge in [-0.3, -0.25) is 4.18 Å². The number of unbranched alkanes of at least 4 members (excludes halogenated alkanes) is 3. The number of benzene rings is 1. The maximum Gasteiger partial charge on any atom is 0.296 e. The summed E-state index contributed by atoms with van der Waals surface area (Å²) in [5.74, 6) is 0.832. The molecule has 0 spiro atoms. The number of thiocyanates is 1. The van der Waals surface area contributed by atoms with E-state index < -0.39 is 10.1 Å². The lowest BCUT2D eigenvalue weighted by Gasteiger charge is -2.05. The Morgan fingerprint density at radius 3 is 2.45 bits per heavy atom. The zero-order chi connectivity index (χ0) is 14.8. The first-order valence-electron chi connectivity index (χ1n) is 6.53. The van der Waals surface area contributed by atoms with Gasteiger partial charge in [-0.1, -0.05) is 30.5 Å². The van der Waals surface area contributed by atoms with Crippen LogP contribution in [0, 0.1) is 17.6 Å². The van der Waals surface area contributed by atoms with Crippen molar-refractivity contribution >= 4 is 21.9 Å². The number of thioether (sulfide) groups is 1. The van der Waals surface area contributed by atoms with Gasteiger partial charge < -0.3 is 0 Å². The Kier molecular flexibility index (Phi) is 7.67. The second-order valence-electron chi connectivity index (χ2n) is 4.44. The Labute approximate surface area is 125 Å². The van der Waals surface area contributed by atoms with Gasteiger partial charge in [-0.15, -0.1) is 0 Å². The van der Waals surface area contributed by atoms with Crippen molar-refractivity contribution in [3.05, 3.63) is 29.8 Å². The zero-order valence-electron chi connectivity index (χ0n) is 11.5. The van der Waals surface area contributed by atoms with Crippen molar-refractivity contribution in [3.63, 3.8) is 0 Å². The van der Waals surface area contributed by atoms with E-state index in [2.05, 4.69) is 0 Å². The summed E-state index contributed by atoms with van der Waals surface area (Å²) in [6, 6.07) is 6.62. The summed E-state index contributed by atoms with van der Waals surface area (Å²) in [5.41, 5.74) is 1.01. The fraction of sp³-hybridized carbons (Fsp3) is 0.500. The van der Waals surface area contributed by atoms with Crippen LogP contribution in [0.2, 0.25) is 0 Å². The van der Waals surface area contributed by atoms with Crippen LogP contribution in [0.25, 0.3) is 0 Å². The maximum atomic E-state index is 11.9. The van der Waals surface area contributed by atoms with Crippen LogP contribution in [0.1, 0.15) is 31.2 Å². The molecule has 0 saturated carbocycles. The number of aryl methyl sites for hydroxylation is 1. The highest BCUT2D eigenvalue weighted by Crippen LogP contribution is 2.14. The maximum absolute atomic E-state index is 11.9. The Hall–Kier alpha value is -1.03. The van der Waals surface area contributed by atoms with Gasteiger partial charge >= 0.3 is 0 Å². The van der Waals surface area contributed by atoms with Crippen LogP contribution in [-0.4, -0.2) is 20.8 Å². The topological polar surface area (TPSA) is 67.2 Å². The molecule has 0 fully saturated rings. The van der Waals surface area contributed by atoms with E-state index in [0.29, 0.717) is 6.42 Å². The van der Waals surface area contributed by atoms with Crippen molar-refractivity contribution in [2.75, 3.05) is 12.4 Å². The molecule has 0 atom stereocenters. The van der Waals surface area contributed by atoms with E-state index >= 15 is 0 Å². The van der Waals surface area contributed by atoms with Gasteiger partial charge in [-0.2, -0.15) is 13.7 Å². The minimum atomic E-state index is -3.63. The predicted octanol–water partition coefficient (Wildman–Crippen LogP) is 3.48. The molecular weight excluding hydrogens is 294 g/mol. The van der Waals surface area contributed by atoms with Crippen LogP contribution in [0.4, 0.5) is 0 Å². The summed E-state index contributed by atoms with van der Waals surface area (Å²) in [6.45, 7) is 2.11. The van der Waals surface area contributed by atoms with Crippen LogP contribution in [0.15, 0.2) is 29.2 Å². The molecule has 1 rings (SSSR count). The highest BCUT2D eigenvalue weighted by Gasteiger charge is 2.14. The van der Waals surface area contributed by atoms with Crippen LogP contribution in [0.5, 0.6) is 0 Å². The molecule has 1 aromatic rings. The summed E-state index contributed by atoms with van der Waals surface area (Å²) in [5, 5.41) is 10.4. The minimum Gasteiger partial charge on any atom is -0.266 e. The average molecular weight is 313 g/mol. The SMILES string of the molecule is Cc1ccc(S(=O)(=O)OCCCCCCSC#N)cc1. The van der Waals surface area contributed by atoms with Gasteiger partial charge in [0.1, 0.15) is 5.40 Å². The molecule has 0 radical (unpaired) electrons. The van der Waals surface area contributed by atoms with Crippen molar-refractivity contribution in [1.82, 2.24) is 0 Å². The van der Waals surface area contributed by atoms with E-state index in [0.717, 1.165) is 30.6 Å². The van der Waals surface area contributed by atoms with Gasteiger partial charge in [0.05, 0.1) is 11.5 Å². The molecule has 20 heavy (non-hydrogen) atoms. The normalized spacial score (nSPS) is 11.2. The fourth-order valence-corrected chi connectivity index (χ4v) is 3.00. The molecule has 4 nitrogen and oxygen atoms in total. The fourth-order valence-electron chi connectivity index (χ4n) is 1.62. The molecular formula is C14H19NO3S2. The van der Waals surface area contributed by atoms with Gasteiger partial charge in [-0.05, 0) is 43.7 Å². The average Bonchev–Trinajstić information content (AvgIpc) is 2.42. The lowest BCUT2D eigenvalue weighted by atomic mass is 10.2. The third-order valence-corrected chi connectivity index (χ3v) is 4.70. The molecule has 1 aromatic carbocycles. The monoisotopic (exact) mass is 313 g/mol. The van der Waals surface area contributed by atoms with Gasteiger partial charge in [0.2, 0.25) is 0 Å². The first-order valence-corrected chi connectivity index (χ1v) is 8.92. The van der Waals surface area contributed by atoms with Crippen LogP contribution in [0.3, 0.4) is 0 Å². The summed E-state index contributed by atoms with van der Waals surface area (Å²) >= 11 is 1.25. The lowest BCUT2D eigenvalue weighted by molar-refractivity contribution is 0.307. The molecule has 0 amide bonds. The summed E-state index contributed by atoms with van der Waals surface area (Å²) in [6.07, 6.45) is 3.59. The van der Waals surface area contributed by atoms with E-state index in [4.69, 9.17) is 9.44 Å². The smallest absolute Gasteiger partial charge is 0.266 e. The van der Waals surface area contributed by atoms with Crippen molar-refractivity contribution in [2.24, 2.45) is 0 Å². The third kappa shape index (κ3) is 6.42. The molecule has 110 valence electrons. The Balaban J connectivity index is 2.24. The third-order valence-electron chi connectivity index (χ3n) is 2.75. The summed E-state index contributed by atoms with van der Waals surface area (Å²) in [7, 11) is -3.63. The molecule has 0 aliphatic heterocycles. The first kappa shape index (κ1) is 17.0. The highest BCUT2D eigenvalue weighted by atomic mass is 32.2. The second kappa shape index (κ2) is 9.01. The molecule has 0 aliphatic rings. The predicted molar refractivity (Wildman–Crippen MR) is 80.9 cm³/mol. The standard InChI is InChI=1S/C14H19NO3S2/c1-13-6-8-14(9-7-13)20(16,17)18-10-4-2-3-5-11-19-12-15/h6-9H,2-5,10-11H2,1H3. The van der Waals surface area contributed by atoms with E-state index in [1.807, 2.05) is 12.3 Å². The minimum absolute atomic E-state index is 0.202. The molecule has 0 saturated heterocycles. The molecule has 0 aliphatic carbocycles. The largest absolute Gasteiger partial charge is 0.296 e. The van der Waals surface area contributed by atoms with Crippen molar-refractivity contribution < 1.29 is 12.6 Å². The number of hydrogen-bond acceptors (Lipinski definition) is 5. The Bertz CT molecular complexity index is 533. The second-order valence-corrected chi connectivity index (χ2v) is 6.94. The van der Waals surface area contributed by atoms with E-state index in [1.165, 1.54) is 11.8 Å². The van der Waals surface area contributed by atoms with Gasteiger partial charge in [0.25, 0.3) is 10.1 Å². The molecule has 0 bridgehead atoms. The lowest BCUT2D eigenvalue weighted by Crippen LogP contribution is -2.07. The molecule has 0 heterocycles. The van der Waals surface area contributed by atoms with E-state index in [1.54, 1.807) is 24.3 Å². The number of nitrogens with zero attached hydrogens (tertiary/aromatic N) is 1. The number of nitriles is 1. The van der Waals surface area contributed by atoms with Crippen molar-refractivity contribution in [1.29, 1.82) is 5.26 Å². The van der Waals surface area contributed by atoms with E-state index in [9.17, 15) is 8.42 Å². The van der Waals surface area contributed by atoms with Crippen LogP contribution >= 0.6 is 11.8 Å². The number of hydrogen-bond donors (Lipinski definition) is 0. The van der Waals surface area contributed by atoms with E-state index in [-0.39, 0.29) is 11.5 Å². The van der Waals surface area contributed by atoms with Crippen molar-refractivity contribution in [3.8, 4) is 5.40 Å². The van der Waals surface area contributed by atoms with Gasteiger partial charge in [0.15, 0.2) is 0 Å². The molecule has 0 aromatic heterocycles. The Morgan fingerprint density at radius 1 is 1.15 bits per heavy atom. The highest BCUT2D eigenvalue weighted by molar-refractivity contribution is 8.03. The molecule has 0 N–H and O–H groups in total. The van der Waals surface area contributed by atoms with Gasteiger partial charge in [-0.25, -0.2) is 0 Å². The quantitative estimate of drug-likeness (QED) is 0.397. The van der Waals surface area contributed by atoms with Crippen LogP contribution in [-0.2, 0) is 14.3 Å².